The molecule has 1 saturated heterocycles. The number of hydrogen-bond acceptors (Lipinski definition) is 2. The molecule has 110 valence electrons. The van der Waals surface area contributed by atoms with E-state index >= 15 is 0 Å². The van der Waals surface area contributed by atoms with Crippen LogP contribution in [0.1, 0.15) is 31.2 Å². The number of carbonyl (C=O) groups excluding carboxylic acids is 1. The molecule has 0 radical (unpaired) electrons. The lowest BCUT2D eigenvalue weighted by Crippen LogP contribution is -2.36. The average molecular weight is 315 g/mol. The Hall–Kier alpha value is -0.770. The number of rotatable bonds is 5. The van der Waals surface area contributed by atoms with E-state index in [1.807, 2.05) is 17.0 Å². The molecule has 20 heavy (non-hydrogen) atoms. The maximum absolute atomic E-state index is 11.8. The first-order chi connectivity index (χ1) is 9.68. The summed E-state index contributed by atoms with van der Waals surface area (Å²) in [7, 11) is 0. The maximum Gasteiger partial charge on any atom is 0.222 e. The Morgan fingerprint density at radius 1 is 1.20 bits per heavy atom. The van der Waals surface area contributed by atoms with E-state index in [9.17, 15) is 4.79 Å². The predicted molar refractivity (Wildman–Crippen MR) is 83.2 cm³/mol. The molecule has 1 heterocycles. The van der Waals surface area contributed by atoms with Crippen LogP contribution in [0.5, 0.6) is 0 Å². The van der Waals surface area contributed by atoms with Crippen LogP contribution in [0, 0.1) is 0 Å². The van der Waals surface area contributed by atoms with Crippen LogP contribution in [0.3, 0.4) is 0 Å². The second-order valence-electron chi connectivity index (χ2n) is 5.08. The highest BCUT2D eigenvalue weighted by molar-refractivity contribution is 6.42. The first-order valence-corrected chi connectivity index (χ1v) is 7.85. The summed E-state index contributed by atoms with van der Waals surface area (Å²) in [4.78, 5) is 13.8. The number of nitrogens with zero attached hydrogens (tertiary/aromatic N) is 1. The van der Waals surface area contributed by atoms with Crippen molar-refractivity contribution >= 4 is 29.1 Å². The summed E-state index contributed by atoms with van der Waals surface area (Å²) in [6.45, 7) is 3.09. The second kappa shape index (κ2) is 7.87. The topological polar surface area (TPSA) is 32.3 Å². The third kappa shape index (κ3) is 4.37. The Bertz CT molecular complexity index is 465. The van der Waals surface area contributed by atoms with Gasteiger partial charge in [-0.15, -0.1) is 0 Å². The van der Waals surface area contributed by atoms with Crippen LogP contribution >= 0.6 is 23.2 Å². The van der Waals surface area contributed by atoms with Gasteiger partial charge in [-0.2, -0.15) is 0 Å². The molecule has 1 aromatic carbocycles. The predicted octanol–water partition coefficient (Wildman–Crippen LogP) is 3.49. The Labute approximate surface area is 130 Å². The van der Waals surface area contributed by atoms with Crippen molar-refractivity contribution in [2.75, 3.05) is 19.6 Å². The molecule has 1 fully saturated rings. The first-order valence-electron chi connectivity index (χ1n) is 7.10. The van der Waals surface area contributed by atoms with E-state index < -0.39 is 0 Å². The third-order valence-corrected chi connectivity index (χ3v) is 4.43. The molecule has 0 atom stereocenters. The summed E-state index contributed by atoms with van der Waals surface area (Å²) in [5, 5.41) is 4.50. The number of likely N-dealkylation sites (tertiary alicyclic amines) is 1. The zero-order chi connectivity index (χ0) is 14.4. The lowest BCUT2D eigenvalue weighted by Gasteiger charge is -2.20. The van der Waals surface area contributed by atoms with E-state index in [2.05, 4.69) is 5.32 Å². The van der Waals surface area contributed by atoms with Gasteiger partial charge in [0.1, 0.15) is 0 Å². The molecule has 0 unspecified atom stereocenters. The SMILES string of the molecule is O=C1CCCCCN1CCNCc1cccc(Cl)c1Cl. The molecule has 1 aromatic rings. The van der Waals surface area contributed by atoms with E-state index in [0.717, 1.165) is 44.5 Å². The Kier molecular flexibility index (Phi) is 6.14. The van der Waals surface area contributed by atoms with Gasteiger partial charge in [-0.3, -0.25) is 4.79 Å². The average Bonchev–Trinajstić information content (AvgIpc) is 2.64. The molecule has 1 N–H and O–H groups in total. The zero-order valence-electron chi connectivity index (χ0n) is 11.5. The van der Waals surface area contributed by atoms with Crippen LogP contribution in [0.4, 0.5) is 0 Å². The summed E-state index contributed by atoms with van der Waals surface area (Å²) >= 11 is 12.1. The van der Waals surface area contributed by atoms with Crippen LogP contribution in [0.25, 0.3) is 0 Å². The van der Waals surface area contributed by atoms with E-state index in [1.54, 1.807) is 6.07 Å². The monoisotopic (exact) mass is 314 g/mol. The van der Waals surface area contributed by atoms with Gasteiger partial charge in [0.15, 0.2) is 0 Å². The molecule has 1 aliphatic heterocycles. The quantitative estimate of drug-likeness (QED) is 0.844. The summed E-state index contributed by atoms with van der Waals surface area (Å²) in [5.74, 6) is 0.282. The number of benzene rings is 1. The summed E-state index contributed by atoms with van der Waals surface area (Å²) in [5.41, 5.74) is 0.987. The number of carbonyl (C=O) groups is 1. The summed E-state index contributed by atoms with van der Waals surface area (Å²) < 4.78 is 0. The van der Waals surface area contributed by atoms with Crippen molar-refractivity contribution in [3.63, 3.8) is 0 Å². The summed E-state index contributed by atoms with van der Waals surface area (Å²) in [6.07, 6.45) is 4.00. The van der Waals surface area contributed by atoms with Crippen molar-refractivity contribution in [2.45, 2.75) is 32.2 Å². The number of hydrogen-bond donors (Lipinski definition) is 1. The smallest absolute Gasteiger partial charge is 0.222 e. The maximum atomic E-state index is 11.8. The van der Waals surface area contributed by atoms with Gasteiger partial charge < -0.3 is 10.2 Å². The third-order valence-electron chi connectivity index (χ3n) is 3.58. The van der Waals surface area contributed by atoms with Gasteiger partial charge >= 0.3 is 0 Å². The van der Waals surface area contributed by atoms with Crippen LogP contribution in [0.2, 0.25) is 10.0 Å². The lowest BCUT2D eigenvalue weighted by molar-refractivity contribution is -0.130. The molecule has 5 heteroatoms. The minimum Gasteiger partial charge on any atom is -0.341 e. The molecular formula is C15H20Cl2N2O. The highest BCUT2D eigenvalue weighted by Gasteiger charge is 2.15. The molecule has 1 amide bonds. The molecule has 0 saturated carbocycles. The van der Waals surface area contributed by atoms with Crippen LogP contribution in [0.15, 0.2) is 18.2 Å². The number of amides is 1. The van der Waals surface area contributed by atoms with Crippen molar-refractivity contribution in [2.24, 2.45) is 0 Å². The lowest BCUT2D eigenvalue weighted by atomic mass is 10.2. The Balaban J connectivity index is 1.75. The van der Waals surface area contributed by atoms with E-state index in [-0.39, 0.29) is 5.91 Å². The standard InChI is InChI=1S/C15H20Cl2N2O/c16-13-6-4-5-12(15(13)17)11-18-8-10-19-9-3-1-2-7-14(19)20/h4-6,18H,1-3,7-11H2. The molecule has 3 nitrogen and oxygen atoms in total. The van der Waals surface area contributed by atoms with Gasteiger partial charge in [0.2, 0.25) is 5.91 Å². The van der Waals surface area contributed by atoms with Gasteiger partial charge in [-0.05, 0) is 24.5 Å². The van der Waals surface area contributed by atoms with Crippen molar-refractivity contribution in [3.05, 3.63) is 33.8 Å². The van der Waals surface area contributed by atoms with Crippen LogP contribution in [-0.4, -0.2) is 30.4 Å². The highest BCUT2D eigenvalue weighted by atomic mass is 35.5. The Morgan fingerprint density at radius 2 is 2.05 bits per heavy atom. The minimum atomic E-state index is 0.282. The fourth-order valence-corrected chi connectivity index (χ4v) is 2.78. The second-order valence-corrected chi connectivity index (χ2v) is 5.87. The van der Waals surface area contributed by atoms with Gasteiger partial charge in [0.05, 0.1) is 10.0 Å². The molecule has 0 spiro atoms. The Morgan fingerprint density at radius 3 is 2.90 bits per heavy atom. The fraction of sp³-hybridized carbons (Fsp3) is 0.533. The van der Waals surface area contributed by atoms with E-state index in [1.165, 1.54) is 0 Å². The zero-order valence-corrected chi connectivity index (χ0v) is 13.0. The van der Waals surface area contributed by atoms with Crippen molar-refractivity contribution < 1.29 is 4.79 Å². The number of nitrogens with one attached hydrogen (secondary N) is 1. The summed E-state index contributed by atoms with van der Waals surface area (Å²) in [6, 6.07) is 5.63. The van der Waals surface area contributed by atoms with Crippen molar-refractivity contribution in [1.82, 2.24) is 10.2 Å². The first kappa shape index (κ1) is 15.6. The van der Waals surface area contributed by atoms with Crippen molar-refractivity contribution in [1.29, 1.82) is 0 Å². The van der Waals surface area contributed by atoms with Gasteiger partial charge in [-0.1, -0.05) is 41.8 Å². The van der Waals surface area contributed by atoms with Crippen LogP contribution < -0.4 is 5.32 Å². The number of halogens is 2. The van der Waals surface area contributed by atoms with E-state index in [0.29, 0.717) is 23.0 Å². The van der Waals surface area contributed by atoms with Crippen molar-refractivity contribution in [3.8, 4) is 0 Å². The molecule has 0 aromatic heterocycles. The van der Waals surface area contributed by atoms with Gasteiger partial charge in [0.25, 0.3) is 0 Å². The van der Waals surface area contributed by atoms with Crippen LogP contribution in [-0.2, 0) is 11.3 Å². The minimum absolute atomic E-state index is 0.282. The fourth-order valence-electron chi connectivity index (χ4n) is 2.40. The van der Waals surface area contributed by atoms with Gasteiger partial charge in [-0.25, -0.2) is 0 Å². The molecule has 0 aliphatic carbocycles. The van der Waals surface area contributed by atoms with E-state index in [4.69, 9.17) is 23.2 Å². The normalized spacial score (nSPS) is 16.3. The highest BCUT2D eigenvalue weighted by Crippen LogP contribution is 2.25. The molecule has 1 aliphatic rings. The molecule has 0 bridgehead atoms. The molecular weight excluding hydrogens is 295 g/mol. The van der Waals surface area contributed by atoms with Gasteiger partial charge in [0, 0.05) is 32.6 Å². The molecule has 2 rings (SSSR count). The largest absolute Gasteiger partial charge is 0.341 e.